The van der Waals surface area contributed by atoms with Crippen LogP contribution in [0.1, 0.15) is 60.2 Å². The number of aromatic nitrogens is 2. The molecule has 0 bridgehead atoms. The number of ether oxygens (including phenoxy) is 1. The summed E-state index contributed by atoms with van der Waals surface area (Å²) in [4.78, 5) is 35.9. The minimum Gasteiger partial charge on any atom is -0.480 e. The van der Waals surface area contributed by atoms with E-state index < -0.39 is 24.3 Å². The van der Waals surface area contributed by atoms with Gasteiger partial charge in [-0.25, -0.2) is 0 Å². The van der Waals surface area contributed by atoms with Gasteiger partial charge in [0.1, 0.15) is 11.9 Å². The zero-order valence-corrected chi connectivity index (χ0v) is 25.7. The highest BCUT2D eigenvalue weighted by molar-refractivity contribution is 5.97. The lowest BCUT2D eigenvalue weighted by Gasteiger charge is -2.43. The first-order chi connectivity index (χ1) is 21.9. The number of nitrogens with two attached hydrogens (primary N) is 1. The molecule has 3 aliphatic heterocycles. The van der Waals surface area contributed by atoms with E-state index in [1.807, 2.05) is 17.9 Å². The van der Waals surface area contributed by atoms with Crippen LogP contribution >= 0.6 is 0 Å². The second-order valence-corrected chi connectivity index (χ2v) is 12.5. The molecule has 244 valence electrons. The van der Waals surface area contributed by atoms with Crippen LogP contribution in [0.5, 0.6) is 5.88 Å². The summed E-state index contributed by atoms with van der Waals surface area (Å²) in [6.07, 6.45) is -3.60. The van der Waals surface area contributed by atoms with Gasteiger partial charge < -0.3 is 30.7 Å². The van der Waals surface area contributed by atoms with E-state index in [4.69, 9.17) is 10.5 Å². The standard InChI is InChI=1S/C33H37F3N6O4/c1-3-25-32(18-24(38-25)30(44)45)11-14-42(15-12-32)26-17-27(40-31(37)39-26)46-28(33(34,35)36)20-6-4-19(5-7-20)21-8-9-23-22(16-21)10-13-41(2)29(23)43/h4-9,16-17,24-25,28,38H,3,10-15,18H2,1-2H3,(H,44,45)(H2,37,39,40)/t24?,25?,28-/m1/s1. The molecule has 3 aliphatic rings. The van der Waals surface area contributed by atoms with Crippen molar-refractivity contribution in [3.63, 3.8) is 0 Å². The molecule has 0 saturated carbocycles. The van der Waals surface area contributed by atoms with E-state index in [2.05, 4.69) is 15.3 Å². The zero-order chi connectivity index (χ0) is 32.8. The molecule has 0 aliphatic carbocycles. The number of carbonyl (C=O) groups is 2. The lowest BCUT2D eigenvalue weighted by Crippen LogP contribution is -2.46. The molecule has 3 aromatic rings. The van der Waals surface area contributed by atoms with Gasteiger partial charge in [0.2, 0.25) is 17.9 Å². The number of carboxylic acid groups (broad SMARTS) is 1. The number of carbonyl (C=O) groups excluding carboxylic acids is 1. The predicted octanol–water partition coefficient (Wildman–Crippen LogP) is 4.85. The molecule has 10 nitrogen and oxygen atoms in total. The van der Waals surface area contributed by atoms with Crippen molar-refractivity contribution in [2.75, 3.05) is 37.3 Å². The molecule has 2 unspecified atom stereocenters. The summed E-state index contributed by atoms with van der Waals surface area (Å²) in [6, 6.07) is 12.3. The van der Waals surface area contributed by atoms with Gasteiger partial charge in [-0.3, -0.25) is 9.59 Å². The van der Waals surface area contributed by atoms with Crippen LogP contribution in [0.25, 0.3) is 11.1 Å². The zero-order valence-electron chi connectivity index (χ0n) is 25.7. The van der Waals surface area contributed by atoms with Crippen LogP contribution in [0, 0.1) is 5.41 Å². The van der Waals surface area contributed by atoms with Crippen molar-refractivity contribution < 1.29 is 32.6 Å². The second kappa shape index (κ2) is 12.1. The van der Waals surface area contributed by atoms with E-state index in [0.29, 0.717) is 62.3 Å². The third-order valence-electron chi connectivity index (χ3n) is 9.73. The molecule has 0 radical (unpaired) electrons. The van der Waals surface area contributed by atoms with Gasteiger partial charge in [-0.05, 0) is 60.3 Å². The Morgan fingerprint density at radius 2 is 1.80 bits per heavy atom. The highest BCUT2D eigenvalue weighted by Gasteiger charge is 2.50. The quantitative estimate of drug-likeness (QED) is 0.332. The SMILES string of the molecule is CCC1NC(C(=O)O)CC12CCN(c1cc(O[C@H](c3ccc(-c4ccc5c(c4)CCN(C)C5=O)cc3)C(F)(F)F)nc(N)n1)CC2. The first-order valence-corrected chi connectivity index (χ1v) is 15.5. The van der Waals surface area contributed by atoms with Gasteiger partial charge in [-0.15, -0.1) is 0 Å². The van der Waals surface area contributed by atoms with Gasteiger partial charge in [0.15, 0.2) is 0 Å². The fraction of sp³-hybridized carbons (Fsp3) is 0.455. The predicted molar refractivity (Wildman–Crippen MR) is 166 cm³/mol. The topological polar surface area (TPSA) is 134 Å². The van der Waals surface area contributed by atoms with E-state index in [0.717, 1.165) is 17.5 Å². The smallest absolute Gasteiger partial charge is 0.429 e. The molecule has 1 amide bonds. The molecule has 2 saturated heterocycles. The van der Waals surface area contributed by atoms with Gasteiger partial charge >= 0.3 is 12.1 Å². The van der Waals surface area contributed by atoms with Crippen LogP contribution in [-0.4, -0.2) is 76.8 Å². The Bertz CT molecular complexity index is 1620. The summed E-state index contributed by atoms with van der Waals surface area (Å²) in [5.41, 5.74) is 8.74. The number of amides is 1. The number of nitrogen functional groups attached to an aromatic ring is 1. The van der Waals surface area contributed by atoms with Crippen molar-refractivity contribution in [3.05, 3.63) is 65.2 Å². The van der Waals surface area contributed by atoms with Crippen molar-refractivity contribution in [1.29, 1.82) is 0 Å². The number of carboxylic acids is 1. The number of hydrogen-bond donors (Lipinski definition) is 3. The Hall–Kier alpha value is -4.39. The van der Waals surface area contributed by atoms with Crippen molar-refractivity contribution in [1.82, 2.24) is 20.2 Å². The van der Waals surface area contributed by atoms with Gasteiger partial charge in [-0.1, -0.05) is 43.3 Å². The molecule has 46 heavy (non-hydrogen) atoms. The number of likely N-dealkylation sites (N-methyl/N-ethyl adjacent to an activating group) is 1. The molecule has 4 N–H and O–H groups in total. The number of aliphatic carboxylic acids is 1. The van der Waals surface area contributed by atoms with Gasteiger partial charge in [0.25, 0.3) is 5.91 Å². The highest BCUT2D eigenvalue weighted by Crippen LogP contribution is 2.46. The summed E-state index contributed by atoms with van der Waals surface area (Å²) in [5.74, 6) is -1.04. The van der Waals surface area contributed by atoms with Crippen LogP contribution in [0.2, 0.25) is 0 Å². The molecule has 4 heterocycles. The molecular formula is C33H37F3N6O4. The molecule has 6 rings (SSSR count). The molecule has 1 spiro atoms. The monoisotopic (exact) mass is 638 g/mol. The van der Waals surface area contributed by atoms with Crippen molar-refractivity contribution in [2.24, 2.45) is 5.41 Å². The number of alkyl halides is 3. The largest absolute Gasteiger partial charge is 0.480 e. The van der Waals surface area contributed by atoms with Crippen molar-refractivity contribution in [2.45, 2.75) is 63.4 Å². The molecular weight excluding hydrogens is 601 g/mol. The molecule has 1 aromatic heterocycles. The Labute approximate surface area is 264 Å². The number of fused-ring (bicyclic) bond motifs is 1. The number of benzene rings is 2. The Morgan fingerprint density at radius 3 is 2.46 bits per heavy atom. The maximum absolute atomic E-state index is 14.4. The number of hydrogen-bond acceptors (Lipinski definition) is 8. The van der Waals surface area contributed by atoms with E-state index in [1.165, 1.54) is 18.2 Å². The lowest BCUT2D eigenvalue weighted by molar-refractivity contribution is -0.198. The van der Waals surface area contributed by atoms with E-state index >= 15 is 0 Å². The third kappa shape index (κ3) is 6.07. The minimum absolute atomic E-state index is 0.0452. The average Bonchev–Trinajstić information content (AvgIpc) is 3.39. The van der Waals surface area contributed by atoms with Crippen LogP contribution < -0.4 is 20.7 Å². The molecule has 13 heteroatoms. The summed E-state index contributed by atoms with van der Waals surface area (Å²) in [6.45, 7) is 3.72. The third-order valence-corrected chi connectivity index (χ3v) is 9.73. The number of piperidine rings is 1. The highest BCUT2D eigenvalue weighted by atomic mass is 19.4. The minimum atomic E-state index is -4.75. The van der Waals surface area contributed by atoms with Gasteiger partial charge in [0.05, 0.1) is 0 Å². The normalized spacial score (nSPS) is 21.7. The first-order valence-electron chi connectivity index (χ1n) is 15.5. The van der Waals surface area contributed by atoms with E-state index in [1.54, 1.807) is 36.2 Å². The Morgan fingerprint density at radius 1 is 1.11 bits per heavy atom. The van der Waals surface area contributed by atoms with Crippen LogP contribution in [-0.2, 0) is 11.2 Å². The molecule has 3 atom stereocenters. The van der Waals surface area contributed by atoms with Gasteiger partial charge in [0, 0.05) is 49.9 Å². The maximum Gasteiger partial charge on any atom is 0.429 e. The Kier molecular flexibility index (Phi) is 8.30. The molecule has 2 aromatic carbocycles. The summed E-state index contributed by atoms with van der Waals surface area (Å²) < 4.78 is 48.6. The number of nitrogens with one attached hydrogen (secondary N) is 1. The fourth-order valence-electron chi connectivity index (χ4n) is 7.20. The van der Waals surface area contributed by atoms with E-state index in [9.17, 15) is 27.9 Å². The van der Waals surface area contributed by atoms with Crippen molar-refractivity contribution >= 4 is 23.6 Å². The number of anilines is 2. The van der Waals surface area contributed by atoms with Gasteiger partial charge in [-0.2, -0.15) is 23.1 Å². The first kappa shape index (κ1) is 31.6. The lowest BCUT2D eigenvalue weighted by atomic mass is 9.71. The van der Waals surface area contributed by atoms with Crippen molar-refractivity contribution in [3.8, 4) is 17.0 Å². The average molecular weight is 639 g/mol. The summed E-state index contributed by atoms with van der Waals surface area (Å²) >= 11 is 0. The number of nitrogens with zero attached hydrogens (tertiary/aromatic N) is 4. The fourth-order valence-corrected chi connectivity index (χ4v) is 7.20. The molecule has 2 fully saturated rings. The van der Waals surface area contributed by atoms with Crippen LogP contribution in [0.3, 0.4) is 0 Å². The van der Waals surface area contributed by atoms with Crippen LogP contribution in [0.15, 0.2) is 48.5 Å². The summed E-state index contributed by atoms with van der Waals surface area (Å²) in [7, 11) is 1.75. The summed E-state index contributed by atoms with van der Waals surface area (Å²) in [5, 5.41) is 12.8. The van der Waals surface area contributed by atoms with Crippen LogP contribution in [0.4, 0.5) is 24.9 Å². The number of halogens is 3. The Balaban J connectivity index is 1.19. The second-order valence-electron chi connectivity index (χ2n) is 12.5. The number of rotatable bonds is 7. The van der Waals surface area contributed by atoms with E-state index in [-0.39, 0.29) is 34.8 Å². The maximum atomic E-state index is 14.4.